The summed E-state index contributed by atoms with van der Waals surface area (Å²) in [5.74, 6) is 0.0842. The molecule has 4 heteroatoms. The molecule has 0 saturated carbocycles. The van der Waals surface area contributed by atoms with E-state index in [-0.39, 0.29) is 19.1 Å². The Morgan fingerprint density at radius 1 is 1.55 bits per heavy atom. The number of ether oxygens (including phenoxy) is 1. The molecular weight excluding hydrogens is 146 g/mol. The van der Waals surface area contributed by atoms with E-state index in [2.05, 4.69) is 9.72 Å². The zero-order chi connectivity index (χ0) is 8.10. The molecule has 1 rings (SSSR count). The average molecular weight is 155 g/mol. The molecule has 0 aliphatic carbocycles. The average Bonchev–Trinajstić information content (AvgIpc) is 2.03. The summed E-state index contributed by atoms with van der Waals surface area (Å²) in [6.45, 7) is -0.237. The largest absolute Gasteiger partial charge is 0.506 e. The number of nitrogens with zero attached hydrogens (tertiary/aromatic N) is 1. The first-order valence-corrected chi connectivity index (χ1v) is 3.16. The lowest BCUT2D eigenvalue weighted by Crippen LogP contribution is -1.96. The lowest BCUT2D eigenvalue weighted by molar-refractivity contribution is -0.0131. The van der Waals surface area contributed by atoms with Crippen LogP contribution >= 0.6 is 0 Å². The van der Waals surface area contributed by atoms with Crippen LogP contribution in [-0.2, 0) is 11.3 Å². The summed E-state index contributed by atoms with van der Waals surface area (Å²) in [6, 6.07) is 3.14. The van der Waals surface area contributed by atoms with Gasteiger partial charge in [-0.25, -0.2) is 0 Å². The van der Waals surface area contributed by atoms with Gasteiger partial charge in [0.1, 0.15) is 18.2 Å². The quantitative estimate of drug-likeness (QED) is 0.614. The Bertz CT molecular complexity index is 227. The van der Waals surface area contributed by atoms with Crippen LogP contribution < -0.4 is 0 Å². The Kier molecular flexibility index (Phi) is 2.83. The summed E-state index contributed by atoms with van der Waals surface area (Å²) in [5, 5.41) is 17.4. The van der Waals surface area contributed by atoms with E-state index < -0.39 is 0 Å². The third-order valence-corrected chi connectivity index (χ3v) is 1.20. The molecule has 1 aromatic heterocycles. The number of rotatable bonds is 3. The van der Waals surface area contributed by atoms with E-state index >= 15 is 0 Å². The second kappa shape index (κ2) is 3.90. The topological polar surface area (TPSA) is 62.6 Å². The highest BCUT2D eigenvalue weighted by atomic mass is 16.6. The molecule has 1 heterocycles. The van der Waals surface area contributed by atoms with Gasteiger partial charge < -0.3 is 14.9 Å². The number of hydrogen-bond acceptors (Lipinski definition) is 4. The van der Waals surface area contributed by atoms with Gasteiger partial charge in [-0.05, 0) is 12.1 Å². The maximum Gasteiger partial charge on any atom is 0.144 e. The van der Waals surface area contributed by atoms with Crippen LogP contribution in [0, 0.1) is 0 Å². The summed E-state index contributed by atoms with van der Waals surface area (Å²) in [7, 11) is 0. The van der Waals surface area contributed by atoms with Crippen LogP contribution in [0.1, 0.15) is 5.69 Å². The molecule has 4 nitrogen and oxygen atoms in total. The highest BCUT2D eigenvalue weighted by molar-refractivity contribution is 5.23. The van der Waals surface area contributed by atoms with Crippen molar-refractivity contribution in [3.63, 3.8) is 0 Å². The molecular formula is C7H9NO3. The van der Waals surface area contributed by atoms with Gasteiger partial charge in [0, 0.05) is 6.20 Å². The summed E-state index contributed by atoms with van der Waals surface area (Å²) in [6.07, 6.45) is 1.55. The van der Waals surface area contributed by atoms with Crippen LogP contribution in [0.3, 0.4) is 0 Å². The lowest BCUT2D eigenvalue weighted by atomic mass is 10.3. The third-order valence-electron chi connectivity index (χ3n) is 1.20. The molecule has 2 N–H and O–H groups in total. The fourth-order valence-corrected chi connectivity index (χ4v) is 0.683. The first kappa shape index (κ1) is 7.97. The normalized spacial score (nSPS) is 9.91. The SMILES string of the molecule is OCOCc1ncccc1O. The van der Waals surface area contributed by atoms with Crippen molar-refractivity contribution in [1.82, 2.24) is 4.98 Å². The van der Waals surface area contributed by atoms with Crippen LogP contribution in [0.5, 0.6) is 5.75 Å². The van der Waals surface area contributed by atoms with Crippen molar-refractivity contribution in [2.45, 2.75) is 6.61 Å². The first-order valence-electron chi connectivity index (χ1n) is 3.16. The molecule has 0 unspecified atom stereocenters. The number of pyridine rings is 1. The van der Waals surface area contributed by atoms with E-state index in [0.29, 0.717) is 5.69 Å². The van der Waals surface area contributed by atoms with Crippen molar-refractivity contribution >= 4 is 0 Å². The molecule has 0 amide bonds. The van der Waals surface area contributed by atoms with Crippen molar-refractivity contribution in [2.75, 3.05) is 6.79 Å². The second-order valence-electron chi connectivity index (χ2n) is 1.95. The Morgan fingerprint density at radius 3 is 3.00 bits per heavy atom. The van der Waals surface area contributed by atoms with Gasteiger partial charge in [-0.2, -0.15) is 0 Å². The van der Waals surface area contributed by atoms with Crippen LogP contribution in [0.4, 0.5) is 0 Å². The molecule has 0 aromatic carbocycles. The van der Waals surface area contributed by atoms with E-state index in [4.69, 9.17) is 10.2 Å². The van der Waals surface area contributed by atoms with E-state index in [1.165, 1.54) is 6.07 Å². The van der Waals surface area contributed by atoms with Gasteiger partial charge in [0.15, 0.2) is 0 Å². The zero-order valence-corrected chi connectivity index (χ0v) is 5.90. The Hall–Kier alpha value is -1.13. The molecule has 0 radical (unpaired) electrons. The van der Waals surface area contributed by atoms with Gasteiger partial charge in [-0.1, -0.05) is 0 Å². The molecule has 0 atom stereocenters. The number of hydrogen-bond donors (Lipinski definition) is 2. The predicted molar refractivity (Wildman–Crippen MR) is 37.8 cm³/mol. The van der Waals surface area contributed by atoms with Gasteiger partial charge in [0.05, 0.1) is 6.61 Å². The van der Waals surface area contributed by atoms with Gasteiger partial charge in [-0.15, -0.1) is 0 Å². The number of aliphatic hydroxyl groups is 1. The summed E-state index contributed by atoms with van der Waals surface area (Å²) >= 11 is 0. The van der Waals surface area contributed by atoms with E-state index in [9.17, 15) is 0 Å². The number of aliphatic hydroxyl groups excluding tert-OH is 1. The minimum absolute atomic E-state index is 0.0842. The second-order valence-corrected chi connectivity index (χ2v) is 1.95. The molecule has 0 bridgehead atoms. The zero-order valence-electron chi connectivity index (χ0n) is 5.90. The Balaban J connectivity index is 2.62. The molecule has 0 fully saturated rings. The third kappa shape index (κ3) is 2.18. The van der Waals surface area contributed by atoms with Crippen molar-refractivity contribution in [3.8, 4) is 5.75 Å². The highest BCUT2D eigenvalue weighted by Gasteiger charge is 1.99. The van der Waals surface area contributed by atoms with Crippen molar-refractivity contribution < 1.29 is 14.9 Å². The van der Waals surface area contributed by atoms with E-state index in [0.717, 1.165) is 0 Å². The smallest absolute Gasteiger partial charge is 0.144 e. The van der Waals surface area contributed by atoms with Crippen molar-refractivity contribution in [1.29, 1.82) is 0 Å². The predicted octanol–water partition coefficient (Wildman–Crippen LogP) is 0.254. The Labute approximate surface area is 64.1 Å². The molecule has 11 heavy (non-hydrogen) atoms. The molecule has 0 aliphatic heterocycles. The van der Waals surface area contributed by atoms with Gasteiger partial charge >= 0.3 is 0 Å². The lowest BCUT2D eigenvalue weighted by Gasteiger charge is -2.01. The van der Waals surface area contributed by atoms with Gasteiger partial charge in [0.2, 0.25) is 0 Å². The van der Waals surface area contributed by atoms with Crippen LogP contribution in [0.15, 0.2) is 18.3 Å². The van der Waals surface area contributed by atoms with E-state index in [1.807, 2.05) is 0 Å². The van der Waals surface area contributed by atoms with Gasteiger partial charge in [-0.3, -0.25) is 4.98 Å². The standard InChI is InChI=1S/C7H9NO3/c9-5-11-4-6-7(10)2-1-3-8-6/h1-3,9-10H,4-5H2. The molecule has 1 aromatic rings. The Morgan fingerprint density at radius 2 is 2.36 bits per heavy atom. The summed E-state index contributed by atoms with van der Waals surface area (Å²) in [5.41, 5.74) is 0.432. The highest BCUT2D eigenvalue weighted by Crippen LogP contribution is 2.12. The maximum absolute atomic E-state index is 9.11. The van der Waals surface area contributed by atoms with Gasteiger partial charge in [0.25, 0.3) is 0 Å². The molecule has 0 aliphatic rings. The van der Waals surface area contributed by atoms with Crippen LogP contribution in [0.2, 0.25) is 0 Å². The molecule has 60 valence electrons. The minimum Gasteiger partial charge on any atom is -0.506 e. The number of aromatic nitrogens is 1. The fourth-order valence-electron chi connectivity index (χ4n) is 0.683. The summed E-state index contributed by atoms with van der Waals surface area (Å²) < 4.78 is 4.63. The number of aromatic hydroxyl groups is 1. The van der Waals surface area contributed by atoms with Crippen molar-refractivity contribution in [3.05, 3.63) is 24.0 Å². The van der Waals surface area contributed by atoms with Crippen molar-refractivity contribution in [2.24, 2.45) is 0 Å². The molecule has 0 spiro atoms. The monoisotopic (exact) mass is 155 g/mol. The first-order chi connectivity index (χ1) is 5.34. The summed E-state index contributed by atoms with van der Waals surface area (Å²) in [4.78, 5) is 3.83. The van der Waals surface area contributed by atoms with E-state index in [1.54, 1.807) is 12.3 Å². The van der Waals surface area contributed by atoms with Crippen LogP contribution in [0.25, 0.3) is 0 Å². The maximum atomic E-state index is 9.11. The van der Waals surface area contributed by atoms with Crippen LogP contribution in [-0.4, -0.2) is 22.0 Å². The molecule has 0 saturated heterocycles. The fraction of sp³-hybridized carbons (Fsp3) is 0.286. The minimum atomic E-state index is -0.365.